The summed E-state index contributed by atoms with van der Waals surface area (Å²) in [5.74, 6) is 0. The van der Waals surface area contributed by atoms with Crippen LogP contribution in [0.15, 0.2) is 24.3 Å². The molecule has 0 heterocycles. The molecule has 0 atom stereocenters. The Bertz CT molecular complexity index is 333. The topological polar surface area (TPSA) is 3.24 Å². The molecule has 0 aromatic heterocycles. The lowest BCUT2D eigenvalue weighted by Crippen LogP contribution is -2.36. The first-order chi connectivity index (χ1) is 8.56. The summed E-state index contributed by atoms with van der Waals surface area (Å²) >= 11 is 0. The number of benzene rings is 1. The van der Waals surface area contributed by atoms with E-state index in [2.05, 4.69) is 63.8 Å². The lowest BCUT2D eigenvalue weighted by Gasteiger charge is -2.31. The van der Waals surface area contributed by atoms with E-state index in [1.54, 1.807) is 0 Å². The molecule has 0 unspecified atom stereocenters. The lowest BCUT2D eigenvalue weighted by molar-refractivity contribution is 0.165. The van der Waals surface area contributed by atoms with Gasteiger partial charge in [-0.2, -0.15) is 0 Å². The Balaban J connectivity index is 2.81. The van der Waals surface area contributed by atoms with Crippen molar-refractivity contribution in [2.75, 3.05) is 0 Å². The molecule has 0 fully saturated rings. The summed E-state index contributed by atoms with van der Waals surface area (Å²) in [6, 6.07) is 10.1. The van der Waals surface area contributed by atoms with Gasteiger partial charge < -0.3 is 0 Å². The summed E-state index contributed by atoms with van der Waals surface area (Å²) in [4.78, 5) is 2.56. The van der Waals surface area contributed by atoms with Crippen LogP contribution in [0.5, 0.6) is 0 Å². The fraction of sp³-hybridized carbons (Fsp3) is 0.647. The maximum Gasteiger partial charge on any atom is 0.0241 e. The van der Waals surface area contributed by atoms with Gasteiger partial charge in [-0.1, -0.05) is 37.6 Å². The highest BCUT2D eigenvalue weighted by Crippen LogP contribution is 2.17. The number of aryl methyl sites for hydroxylation is 1. The molecule has 0 spiro atoms. The zero-order valence-electron chi connectivity index (χ0n) is 12.7. The van der Waals surface area contributed by atoms with Gasteiger partial charge in [-0.15, -0.1) is 0 Å². The third-order valence-corrected chi connectivity index (χ3v) is 3.60. The van der Waals surface area contributed by atoms with E-state index < -0.39 is 0 Å². The van der Waals surface area contributed by atoms with E-state index in [1.807, 2.05) is 0 Å². The molecule has 1 heteroatoms. The van der Waals surface area contributed by atoms with Crippen molar-refractivity contribution in [3.8, 4) is 0 Å². The molecule has 1 aromatic rings. The van der Waals surface area contributed by atoms with Gasteiger partial charge in [0.05, 0.1) is 0 Å². The Morgan fingerprint density at radius 2 is 1.50 bits per heavy atom. The highest BCUT2D eigenvalue weighted by Gasteiger charge is 2.15. The first-order valence-corrected chi connectivity index (χ1v) is 7.38. The Hall–Kier alpha value is -0.820. The molecule has 0 N–H and O–H groups in total. The van der Waals surface area contributed by atoms with Crippen molar-refractivity contribution in [1.82, 2.24) is 4.90 Å². The van der Waals surface area contributed by atoms with E-state index in [0.717, 1.165) is 6.54 Å². The van der Waals surface area contributed by atoms with E-state index in [-0.39, 0.29) is 0 Å². The highest BCUT2D eigenvalue weighted by molar-refractivity contribution is 5.27. The summed E-state index contributed by atoms with van der Waals surface area (Å²) in [6.07, 6.45) is 3.78. The van der Waals surface area contributed by atoms with Gasteiger partial charge in [0.15, 0.2) is 0 Å². The average Bonchev–Trinajstić information content (AvgIpc) is 2.33. The Morgan fingerprint density at radius 3 is 2.00 bits per heavy atom. The molecule has 102 valence electrons. The summed E-state index contributed by atoms with van der Waals surface area (Å²) in [5.41, 5.74) is 3.04. The van der Waals surface area contributed by atoms with E-state index in [9.17, 15) is 0 Å². The number of rotatable bonds is 7. The molecule has 0 aliphatic carbocycles. The fourth-order valence-electron chi connectivity index (χ4n) is 2.48. The minimum Gasteiger partial charge on any atom is -0.294 e. The van der Waals surface area contributed by atoms with Gasteiger partial charge in [0.2, 0.25) is 0 Å². The molecule has 0 aliphatic heterocycles. The molecule has 0 bridgehead atoms. The Labute approximate surface area is 113 Å². The molecular formula is C17H29N. The number of hydrogen-bond acceptors (Lipinski definition) is 1. The van der Waals surface area contributed by atoms with Crippen molar-refractivity contribution in [3.05, 3.63) is 35.4 Å². The van der Waals surface area contributed by atoms with Gasteiger partial charge in [-0.3, -0.25) is 4.90 Å². The minimum absolute atomic E-state index is 0.601. The van der Waals surface area contributed by atoms with Crippen LogP contribution in [0.4, 0.5) is 0 Å². The van der Waals surface area contributed by atoms with E-state index >= 15 is 0 Å². The van der Waals surface area contributed by atoms with Crippen molar-refractivity contribution in [2.45, 2.75) is 72.5 Å². The van der Waals surface area contributed by atoms with Crippen LogP contribution in [0.1, 0.15) is 58.6 Å². The normalized spacial score (nSPS) is 11.8. The van der Waals surface area contributed by atoms with Gasteiger partial charge in [0.25, 0.3) is 0 Å². The number of unbranched alkanes of at least 4 members (excludes halogenated alkanes) is 1. The molecule has 1 aromatic carbocycles. The van der Waals surface area contributed by atoms with Crippen LogP contribution in [0.2, 0.25) is 0 Å². The van der Waals surface area contributed by atoms with Crippen LogP contribution >= 0.6 is 0 Å². The van der Waals surface area contributed by atoms with Gasteiger partial charge in [0.1, 0.15) is 0 Å². The molecule has 0 amide bonds. The summed E-state index contributed by atoms with van der Waals surface area (Å²) < 4.78 is 0. The third kappa shape index (κ3) is 4.45. The SMILES string of the molecule is CCCCc1ccccc1CN(C(C)C)C(C)C. The van der Waals surface area contributed by atoms with Gasteiger partial charge in [-0.05, 0) is 51.7 Å². The van der Waals surface area contributed by atoms with Crippen LogP contribution in [-0.2, 0) is 13.0 Å². The van der Waals surface area contributed by atoms with Crippen molar-refractivity contribution in [3.63, 3.8) is 0 Å². The zero-order valence-corrected chi connectivity index (χ0v) is 12.7. The predicted molar refractivity (Wildman–Crippen MR) is 80.9 cm³/mol. The van der Waals surface area contributed by atoms with Gasteiger partial charge >= 0.3 is 0 Å². The minimum atomic E-state index is 0.601. The van der Waals surface area contributed by atoms with Crippen molar-refractivity contribution in [1.29, 1.82) is 0 Å². The molecule has 18 heavy (non-hydrogen) atoms. The molecule has 0 saturated carbocycles. The fourth-order valence-corrected chi connectivity index (χ4v) is 2.48. The Kier molecular flexibility index (Phi) is 6.42. The van der Waals surface area contributed by atoms with Gasteiger partial charge in [0, 0.05) is 18.6 Å². The second-order valence-electron chi connectivity index (χ2n) is 5.73. The van der Waals surface area contributed by atoms with Crippen LogP contribution in [0.25, 0.3) is 0 Å². The number of nitrogens with zero attached hydrogens (tertiary/aromatic N) is 1. The molecule has 1 rings (SSSR count). The quantitative estimate of drug-likeness (QED) is 0.678. The molecule has 0 aliphatic rings. The third-order valence-electron chi connectivity index (χ3n) is 3.60. The summed E-state index contributed by atoms with van der Waals surface area (Å²) in [6.45, 7) is 12.5. The van der Waals surface area contributed by atoms with Crippen molar-refractivity contribution < 1.29 is 0 Å². The van der Waals surface area contributed by atoms with Crippen LogP contribution in [0, 0.1) is 0 Å². The van der Waals surface area contributed by atoms with Gasteiger partial charge in [-0.25, -0.2) is 0 Å². The first kappa shape index (κ1) is 15.2. The predicted octanol–water partition coefficient (Wildman–Crippen LogP) is 4.65. The van der Waals surface area contributed by atoms with Crippen molar-refractivity contribution in [2.24, 2.45) is 0 Å². The van der Waals surface area contributed by atoms with Crippen LogP contribution in [0.3, 0.4) is 0 Å². The summed E-state index contributed by atoms with van der Waals surface area (Å²) in [5, 5.41) is 0. The zero-order chi connectivity index (χ0) is 13.5. The largest absolute Gasteiger partial charge is 0.294 e. The standard InChI is InChI=1S/C17H29N/c1-6-7-10-16-11-8-9-12-17(16)13-18(14(2)3)15(4)5/h8-9,11-12,14-15H,6-7,10,13H2,1-5H3. The first-order valence-electron chi connectivity index (χ1n) is 7.38. The van der Waals surface area contributed by atoms with E-state index in [4.69, 9.17) is 0 Å². The summed E-state index contributed by atoms with van der Waals surface area (Å²) in [7, 11) is 0. The van der Waals surface area contributed by atoms with Crippen LogP contribution < -0.4 is 0 Å². The second-order valence-corrected chi connectivity index (χ2v) is 5.73. The molecule has 0 saturated heterocycles. The average molecular weight is 247 g/mol. The monoisotopic (exact) mass is 247 g/mol. The molecular weight excluding hydrogens is 218 g/mol. The lowest BCUT2D eigenvalue weighted by atomic mass is 10.0. The molecule has 0 radical (unpaired) electrons. The highest BCUT2D eigenvalue weighted by atomic mass is 15.2. The molecule has 1 nitrogen and oxygen atoms in total. The maximum absolute atomic E-state index is 2.56. The second kappa shape index (κ2) is 7.58. The van der Waals surface area contributed by atoms with Crippen molar-refractivity contribution >= 4 is 0 Å². The van der Waals surface area contributed by atoms with Crippen LogP contribution in [-0.4, -0.2) is 17.0 Å². The smallest absolute Gasteiger partial charge is 0.0241 e. The maximum atomic E-state index is 2.56. The van der Waals surface area contributed by atoms with E-state index in [1.165, 1.54) is 30.4 Å². The number of hydrogen-bond donors (Lipinski definition) is 0. The van der Waals surface area contributed by atoms with E-state index in [0.29, 0.717) is 12.1 Å². The Morgan fingerprint density at radius 1 is 0.944 bits per heavy atom.